The molecule has 118 valence electrons. The summed E-state index contributed by atoms with van der Waals surface area (Å²) in [7, 11) is 0. The van der Waals surface area contributed by atoms with Gasteiger partial charge in [-0.15, -0.1) is 0 Å². The molecular weight excluding hydrogens is 262 g/mol. The van der Waals surface area contributed by atoms with Crippen molar-refractivity contribution in [3.63, 3.8) is 0 Å². The summed E-state index contributed by atoms with van der Waals surface area (Å²) in [6, 6.07) is 7.18. The zero-order valence-corrected chi connectivity index (χ0v) is 13.8. The van der Waals surface area contributed by atoms with Gasteiger partial charge in [0.15, 0.2) is 11.5 Å². The molecule has 1 aliphatic heterocycles. The van der Waals surface area contributed by atoms with Gasteiger partial charge >= 0.3 is 0 Å². The van der Waals surface area contributed by atoms with Crippen LogP contribution < -0.4 is 14.8 Å². The molecule has 0 fully saturated rings. The molecule has 0 spiro atoms. The number of fused-ring (bicyclic) bond motifs is 1. The highest BCUT2D eigenvalue weighted by Crippen LogP contribution is 2.32. The maximum Gasteiger partial charge on any atom is 0.161 e. The fourth-order valence-corrected chi connectivity index (χ4v) is 2.78. The maximum absolute atomic E-state index is 5.67. The molecule has 3 heteroatoms. The highest BCUT2D eigenvalue weighted by Gasteiger charge is 2.17. The van der Waals surface area contributed by atoms with E-state index in [0.717, 1.165) is 17.4 Å². The van der Waals surface area contributed by atoms with Crippen molar-refractivity contribution < 1.29 is 9.47 Å². The van der Waals surface area contributed by atoms with Gasteiger partial charge in [0.05, 0.1) is 0 Å². The van der Waals surface area contributed by atoms with Gasteiger partial charge in [0.1, 0.15) is 13.2 Å². The third-order valence-electron chi connectivity index (χ3n) is 4.43. The van der Waals surface area contributed by atoms with E-state index in [4.69, 9.17) is 9.47 Å². The molecule has 1 heterocycles. The molecule has 0 aliphatic carbocycles. The van der Waals surface area contributed by atoms with E-state index in [1.165, 1.54) is 24.8 Å². The Balaban J connectivity index is 2.00. The van der Waals surface area contributed by atoms with Crippen molar-refractivity contribution in [2.45, 2.75) is 59.0 Å². The number of rotatable bonds is 7. The molecule has 0 bridgehead atoms. The van der Waals surface area contributed by atoms with Crippen LogP contribution in [0.4, 0.5) is 0 Å². The Kier molecular flexibility index (Phi) is 5.92. The average molecular weight is 291 g/mol. The van der Waals surface area contributed by atoms with Crippen LogP contribution in [0.3, 0.4) is 0 Å². The number of nitrogens with one attached hydrogen (secondary N) is 1. The first-order valence-corrected chi connectivity index (χ1v) is 8.29. The summed E-state index contributed by atoms with van der Waals surface area (Å²) in [6.07, 6.45) is 3.65. The van der Waals surface area contributed by atoms with Crippen molar-refractivity contribution in [2.24, 2.45) is 5.92 Å². The van der Waals surface area contributed by atoms with E-state index in [0.29, 0.717) is 25.3 Å². The summed E-state index contributed by atoms with van der Waals surface area (Å²) >= 11 is 0. The van der Waals surface area contributed by atoms with Crippen LogP contribution in [0.15, 0.2) is 18.2 Å². The van der Waals surface area contributed by atoms with E-state index < -0.39 is 0 Å². The van der Waals surface area contributed by atoms with E-state index in [1.54, 1.807) is 0 Å². The van der Waals surface area contributed by atoms with E-state index >= 15 is 0 Å². The van der Waals surface area contributed by atoms with Crippen molar-refractivity contribution in [1.82, 2.24) is 5.32 Å². The van der Waals surface area contributed by atoms with Gasteiger partial charge in [-0.25, -0.2) is 0 Å². The van der Waals surface area contributed by atoms with Crippen molar-refractivity contribution >= 4 is 0 Å². The molecule has 0 amide bonds. The normalized spacial score (nSPS) is 18.1. The molecule has 1 N–H and O–H groups in total. The summed E-state index contributed by atoms with van der Waals surface area (Å²) in [5.74, 6) is 2.51. The Morgan fingerprint density at radius 1 is 1.05 bits per heavy atom. The second-order valence-electron chi connectivity index (χ2n) is 6.15. The van der Waals surface area contributed by atoms with Crippen LogP contribution in [0.2, 0.25) is 0 Å². The third kappa shape index (κ3) is 4.37. The quantitative estimate of drug-likeness (QED) is 0.811. The Morgan fingerprint density at radius 2 is 1.76 bits per heavy atom. The van der Waals surface area contributed by atoms with Crippen LogP contribution >= 0.6 is 0 Å². The monoisotopic (exact) mass is 291 g/mol. The van der Waals surface area contributed by atoms with Gasteiger partial charge in [0.25, 0.3) is 0 Å². The summed E-state index contributed by atoms with van der Waals surface area (Å²) < 4.78 is 11.3. The number of benzene rings is 1. The SMILES string of the molecule is CCC(C)CC(CC)NC(C)c1ccc2c(c1)OCCO2. The molecule has 0 radical (unpaired) electrons. The van der Waals surface area contributed by atoms with Crippen molar-refractivity contribution in [3.8, 4) is 11.5 Å². The van der Waals surface area contributed by atoms with Gasteiger partial charge in [0.2, 0.25) is 0 Å². The first-order chi connectivity index (χ1) is 10.1. The lowest BCUT2D eigenvalue weighted by Crippen LogP contribution is -2.32. The van der Waals surface area contributed by atoms with Crippen molar-refractivity contribution in [1.29, 1.82) is 0 Å². The minimum absolute atomic E-state index is 0.329. The van der Waals surface area contributed by atoms with Gasteiger partial charge in [0, 0.05) is 12.1 Å². The van der Waals surface area contributed by atoms with Crippen molar-refractivity contribution in [3.05, 3.63) is 23.8 Å². The predicted octanol–water partition coefficient (Wildman–Crippen LogP) is 4.32. The van der Waals surface area contributed by atoms with Gasteiger partial charge in [-0.2, -0.15) is 0 Å². The summed E-state index contributed by atoms with van der Waals surface area (Å²) in [6.45, 7) is 10.4. The van der Waals surface area contributed by atoms with Crippen LogP contribution in [-0.2, 0) is 0 Å². The number of hydrogen-bond acceptors (Lipinski definition) is 3. The van der Waals surface area contributed by atoms with Gasteiger partial charge in [-0.1, -0.05) is 33.3 Å². The minimum atomic E-state index is 0.329. The summed E-state index contributed by atoms with van der Waals surface area (Å²) in [5.41, 5.74) is 1.27. The molecule has 2 rings (SSSR count). The molecule has 0 saturated carbocycles. The smallest absolute Gasteiger partial charge is 0.161 e. The van der Waals surface area contributed by atoms with Crippen molar-refractivity contribution in [2.75, 3.05) is 13.2 Å². The molecule has 0 saturated heterocycles. The lowest BCUT2D eigenvalue weighted by atomic mass is 9.96. The zero-order valence-electron chi connectivity index (χ0n) is 13.8. The van der Waals surface area contributed by atoms with Gasteiger partial charge in [-0.05, 0) is 43.4 Å². The fourth-order valence-electron chi connectivity index (χ4n) is 2.78. The molecule has 1 aliphatic rings. The largest absolute Gasteiger partial charge is 0.486 e. The third-order valence-corrected chi connectivity index (χ3v) is 4.43. The zero-order chi connectivity index (χ0) is 15.2. The Bertz CT molecular complexity index is 447. The topological polar surface area (TPSA) is 30.5 Å². The standard InChI is InChI=1S/C18H29NO2/c1-5-13(3)11-16(6-2)19-14(4)15-7-8-17-18(12-15)21-10-9-20-17/h7-8,12-14,16,19H,5-6,9-11H2,1-4H3. The number of hydrogen-bond donors (Lipinski definition) is 1. The van der Waals surface area contributed by atoms with Crippen LogP contribution in [0.25, 0.3) is 0 Å². The van der Waals surface area contributed by atoms with E-state index in [2.05, 4.69) is 45.1 Å². The molecule has 1 aromatic rings. The lowest BCUT2D eigenvalue weighted by molar-refractivity contribution is 0.171. The minimum Gasteiger partial charge on any atom is -0.486 e. The van der Waals surface area contributed by atoms with E-state index in [-0.39, 0.29) is 0 Å². The molecule has 3 atom stereocenters. The predicted molar refractivity (Wildman–Crippen MR) is 87.1 cm³/mol. The first-order valence-electron chi connectivity index (χ1n) is 8.29. The molecular formula is C18H29NO2. The summed E-state index contributed by atoms with van der Waals surface area (Å²) in [4.78, 5) is 0. The highest BCUT2D eigenvalue weighted by atomic mass is 16.6. The lowest BCUT2D eigenvalue weighted by Gasteiger charge is -2.26. The van der Waals surface area contributed by atoms with Crippen LogP contribution in [0.5, 0.6) is 11.5 Å². The molecule has 1 aromatic carbocycles. The van der Waals surface area contributed by atoms with E-state index in [1.807, 2.05) is 6.07 Å². The Morgan fingerprint density at radius 3 is 2.43 bits per heavy atom. The Labute approximate surface area is 129 Å². The number of ether oxygens (including phenoxy) is 2. The molecule has 3 nitrogen and oxygen atoms in total. The summed E-state index contributed by atoms with van der Waals surface area (Å²) in [5, 5.41) is 3.76. The maximum atomic E-state index is 5.67. The molecule has 21 heavy (non-hydrogen) atoms. The average Bonchev–Trinajstić information content (AvgIpc) is 2.53. The van der Waals surface area contributed by atoms with Gasteiger partial charge < -0.3 is 14.8 Å². The molecule has 3 unspecified atom stereocenters. The molecule has 0 aromatic heterocycles. The van der Waals surface area contributed by atoms with Gasteiger partial charge in [-0.3, -0.25) is 0 Å². The first kappa shape index (κ1) is 16.2. The van der Waals surface area contributed by atoms with Crippen LogP contribution in [0.1, 0.15) is 58.6 Å². The fraction of sp³-hybridized carbons (Fsp3) is 0.667. The van der Waals surface area contributed by atoms with Crippen LogP contribution in [-0.4, -0.2) is 19.3 Å². The highest BCUT2D eigenvalue weighted by molar-refractivity contribution is 5.44. The Hall–Kier alpha value is -1.22. The second-order valence-corrected chi connectivity index (χ2v) is 6.15. The van der Waals surface area contributed by atoms with Crippen LogP contribution in [0, 0.1) is 5.92 Å². The second kappa shape index (κ2) is 7.69. The van der Waals surface area contributed by atoms with E-state index in [9.17, 15) is 0 Å².